The van der Waals surface area contributed by atoms with Gasteiger partial charge in [0.1, 0.15) is 0 Å². The molecule has 0 aromatic heterocycles. The van der Waals surface area contributed by atoms with Crippen LogP contribution in [-0.2, 0) is 9.53 Å². The number of hydrogen-bond acceptors (Lipinski definition) is 3. The summed E-state index contributed by atoms with van der Waals surface area (Å²) in [6.45, 7) is 10.5. The molecule has 17 heavy (non-hydrogen) atoms. The molecule has 2 N–H and O–H groups in total. The van der Waals surface area contributed by atoms with Gasteiger partial charge in [-0.2, -0.15) is 0 Å². The van der Waals surface area contributed by atoms with Gasteiger partial charge in [0.25, 0.3) is 0 Å². The Kier molecular flexibility index (Phi) is 6.17. The second-order valence-corrected chi connectivity index (χ2v) is 5.83. The first-order chi connectivity index (χ1) is 7.72. The van der Waals surface area contributed by atoms with Crippen LogP contribution in [0.5, 0.6) is 0 Å². The molecule has 102 valence electrons. The Morgan fingerprint density at radius 2 is 1.88 bits per heavy atom. The van der Waals surface area contributed by atoms with E-state index in [9.17, 15) is 4.79 Å². The molecule has 0 aliphatic rings. The van der Waals surface area contributed by atoms with E-state index in [-0.39, 0.29) is 16.9 Å². The molecule has 0 spiro atoms. The van der Waals surface area contributed by atoms with Crippen molar-refractivity contribution in [2.24, 2.45) is 17.1 Å². The Labute approximate surface area is 106 Å². The first-order valence-electron chi connectivity index (χ1n) is 6.58. The minimum atomic E-state index is -0.376. The van der Waals surface area contributed by atoms with Crippen molar-refractivity contribution < 1.29 is 9.53 Å². The van der Waals surface area contributed by atoms with Crippen LogP contribution in [0.3, 0.4) is 0 Å². The highest BCUT2D eigenvalue weighted by Gasteiger charge is 2.43. The SMILES string of the molecule is CCC(C)CC(CC)(CC(=O)OC)C(C)(C)N. The first-order valence-corrected chi connectivity index (χ1v) is 6.58. The molecule has 0 bridgehead atoms. The number of carbonyl (C=O) groups is 1. The van der Waals surface area contributed by atoms with E-state index in [2.05, 4.69) is 20.8 Å². The van der Waals surface area contributed by atoms with Crippen LogP contribution < -0.4 is 5.73 Å². The summed E-state index contributed by atoms with van der Waals surface area (Å²) >= 11 is 0. The molecular weight excluding hydrogens is 214 g/mol. The van der Waals surface area contributed by atoms with Gasteiger partial charge in [0, 0.05) is 5.54 Å². The third-order valence-corrected chi connectivity index (χ3v) is 4.19. The van der Waals surface area contributed by atoms with E-state index < -0.39 is 0 Å². The van der Waals surface area contributed by atoms with Gasteiger partial charge in [-0.3, -0.25) is 4.79 Å². The topological polar surface area (TPSA) is 52.3 Å². The fourth-order valence-electron chi connectivity index (χ4n) is 2.45. The average Bonchev–Trinajstić information content (AvgIpc) is 2.25. The average molecular weight is 243 g/mol. The van der Waals surface area contributed by atoms with Crippen molar-refractivity contribution in [1.82, 2.24) is 0 Å². The van der Waals surface area contributed by atoms with Gasteiger partial charge < -0.3 is 10.5 Å². The van der Waals surface area contributed by atoms with Crippen molar-refractivity contribution in [3.8, 4) is 0 Å². The summed E-state index contributed by atoms with van der Waals surface area (Å²) in [6, 6.07) is 0. The molecule has 0 fully saturated rings. The number of ether oxygens (including phenoxy) is 1. The quantitative estimate of drug-likeness (QED) is 0.699. The predicted octanol–water partition coefficient (Wildman–Crippen LogP) is 3.12. The van der Waals surface area contributed by atoms with Crippen LogP contribution in [0.4, 0.5) is 0 Å². The Hall–Kier alpha value is -0.570. The molecule has 2 unspecified atom stereocenters. The van der Waals surface area contributed by atoms with Crippen molar-refractivity contribution in [3.63, 3.8) is 0 Å². The standard InChI is InChI=1S/C14H29NO2/c1-7-11(3)9-14(8-2,13(4,5)15)10-12(16)17-6/h11H,7-10,15H2,1-6H3. The molecule has 0 saturated heterocycles. The second kappa shape index (κ2) is 6.39. The first kappa shape index (κ1) is 16.4. The maximum absolute atomic E-state index is 11.6. The Bertz CT molecular complexity index is 245. The van der Waals surface area contributed by atoms with Gasteiger partial charge in [-0.1, -0.05) is 27.2 Å². The van der Waals surface area contributed by atoms with Gasteiger partial charge in [0.2, 0.25) is 0 Å². The maximum atomic E-state index is 11.6. The molecule has 0 aromatic carbocycles. The number of nitrogens with two attached hydrogens (primary N) is 1. The third kappa shape index (κ3) is 4.30. The van der Waals surface area contributed by atoms with Crippen LogP contribution in [0.15, 0.2) is 0 Å². The summed E-state index contributed by atoms with van der Waals surface area (Å²) in [5, 5.41) is 0. The van der Waals surface area contributed by atoms with Crippen molar-refractivity contribution in [1.29, 1.82) is 0 Å². The zero-order valence-electron chi connectivity index (χ0n) is 12.3. The van der Waals surface area contributed by atoms with E-state index in [1.54, 1.807) is 0 Å². The third-order valence-electron chi connectivity index (χ3n) is 4.19. The molecule has 3 nitrogen and oxygen atoms in total. The van der Waals surface area contributed by atoms with Crippen molar-refractivity contribution >= 4 is 5.97 Å². The van der Waals surface area contributed by atoms with Gasteiger partial charge in [-0.25, -0.2) is 0 Å². The van der Waals surface area contributed by atoms with Gasteiger partial charge in [0.05, 0.1) is 13.5 Å². The van der Waals surface area contributed by atoms with Crippen LogP contribution in [-0.4, -0.2) is 18.6 Å². The Balaban J connectivity index is 5.08. The Morgan fingerprint density at radius 1 is 1.35 bits per heavy atom. The lowest BCUT2D eigenvalue weighted by atomic mass is 9.63. The molecule has 0 rings (SSSR count). The normalized spacial score (nSPS) is 17.4. The van der Waals surface area contributed by atoms with Gasteiger partial charge >= 0.3 is 5.97 Å². The van der Waals surface area contributed by atoms with Crippen LogP contribution >= 0.6 is 0 Å². The van der Waals surface area contributed by atoms with Gasteiger partial charge in [-0.05, 0) is 38.0 Å². The molecule has 0 heterocycles. The molecule has 0 aromatic rings. The fourth-order valence-corrected chi connectivity index (χ4v) is 2.45. The molecular formula is C14H29NO2. The van der Waals surface area contributed by atoms with Crippen LogP contribution in [0.1, 0.15) is 60.3 Å². The highest BCUT2D eigenvalue weighted by atomic mass is 16.5. The van der Waals surface area contributed by atoms with Crippen LogP contribution in [0, 0.1) is 11.3 Å². The van der Waals surface area contributed by atoms with Crippen molar-refractivity contribution in [2.75, 3.05) is 7.11 Å². The largest absolute Gasteiger partial charge is 0.469 e. The molecule has 0 saturated carbocycles. The van der Waals surface area contributed by atoms with E-state index in [0.29, 0.717) is 12.3 Å². The van der Waals surface area contributed by atoms with Crippen molar-refractivity contribution in [3.05, 3.63) is 0 Å². The smallest absolute Gasteiger partial charge is 0.306 e. The van der Waals surface area contributed by atoms with E-state index >= 15 is 0 Å². The van der Waals surface area contributed by atoms with E-state index in [4.69, 9.17) is 10.5 Å². The van der Waals surface area contributed by atoms with Crippen molar-refractivity contribution in [2.45, 2.75) is 65.8 Å². The van der Waals surface area contributed by atoms with E-state index in [1.807, 2.05) is 13.8 Å². The molecule has 3 heteroatoms. The number of carbonyl (C=O) groups excluding carboxylic acids is 1. The van der Waals surface area contributed by atoms with Crippen LogP contribution in [0.25, 0.3) is 0 Å². The van der Waals surface area contributed by atoms with E-state index in [1.165, 1.54) is 7.11 Å². The maximum Gasteiger partial charge on any atom is 0.306 e. The van der Waals surface area contributed by atoms with Gasteiger partial charge in [0.15, 0.2) is 0 Å². The lowest BCUT2D eigenvalue weighted by Gasteiger charge is -2.45. The Morgan fingerprint density at radius 3 is 2.18 bits per heavy atom. The van der Waals surface area contributed by atoms with Gasteiger partial charge in [-0.15, -0.1) is 0 Å². The highest BCUT2D eigenvalue weighted by molar-refractivity contribution is 5.70. The lowest BCUT2D eigenvalue weighted by molar-refractivity contribution is -0.145. The summed E-state index contributed by atoms with van der Waals surface area (Å²) < 4.78 is 4.82. The molecule has 0 aliphatic carbocycles. The number of rotatable bonds is 7. The fraction of sp³-hybridized carbons (Fsp3) is 0.929. The summed E-state index contributed by atoms with van der Waals surface area (Å²) in [5.74, 6) is 0.413. The molecule has 0 amide bonds. The summed E-state index contributed by atoms with van der Waals surface area (Å²) in [5.41, 5.74) is 5.78. The molecule has 2 atom stereocenters. The number of methoxy groups -OCH3 is 1. The summed E-state index contributed by atoms with van der Waals surface area (Å²) in [7, 11) is 1.44. The minimum Gasteiger partial charge on any atom is -0.469 e. The summed E-state index contributed by atoms with van der Waals surface area (Å²) in [6.07, 6.45) is 3.39. The minimum absolute atomic E-state index is 0.159. The van der Waals surface area contributed by atoms with Crippen LogP contribution in [0.2, 0.25) is 0 Å². The zero-order valence-corrected chi connectivity index (χ0v) is 12.3. The highest BCUT2D eigenvalue weighted by Crippen LogP contribution is 2.43. The van der Waals surface area contributed by atoms with E-state index in [0.717, 1.165) is 19.3 Å². The zero-order chi connectivity index (χ0) is 13.7. The summed E-state index contributed by atoms with van der Waals surface area (Å²) in [4.78, 5) is 11.6. The number of hydrogen-bond donors (Lipinski definition) is 1. The predicted molar refractivity (Wildman–Crippen MR) is 71.7 cm³/mol. The second-order valence-electron chi connectivity index (χ2n) is 5.83. The monoisotopic (exact) mass is 243 g/mol. The molecule has 0 radical (unpaired) electrons. The molecule has 0 aliphatic heterocycles. The lowest BCUT2D eigenvalue weighted by Crippen LogP contribution is -2.52. The number of esters is 1.